The lowest BCUT2D eigenvalue weighted by Gasteiger charge is -2.49. The summed E-state index contributed by atoms with van der Waals surface area (Å²) in [5.74, 6) is 0. The van der Waals surface area contributed by atoms with Gasteiger partial charge in [-0.05, 0) is 12.8 Å². The van der Waals surface area contributed by atoms with Gasteiger partial charge in [-0.1, -0.05) is 26.0 Å². The first-order valence-electron chi connectivity index (χ1n) is 9.00. The summed E-state index contributed by atoms with van der Waals surface area (Å²) in [5.41, 5.74) is -0.374. The van der Waals surface area contributed by atoms with Crippen LogP contribution in [0.25, 0.3) is 0 Å². The van der Waals surface area contributed by atoms with Crippen molar-refractivity contribution in [2.45, 2.75) is 32.8 Å². The normalized spacial score (nSPS) is 35.6. The van der Waals surface area contributed by atoms with Crippen LogP contribution in [-0.4, -0.2) is 59.0 Å². The SMILES string of the molecule is C=CCOCC1(CC)COC2(OC1)OCC(CC)(COCC=C)CO2. The van der Waals surface area contributed by atoms with Gasteiger partial charge in [-0.25, -0.2) is 0 Å². The van der Waals surface area contributed by atoms with Crippen LogP contribution in [-0.2, 0) is 28.4 Å². The minimum absolute atomic E-state index is 0.187. The van der Waals surface area contributed by atoms with E-state index >= 15 is 0 Å². The first-order chi connectivity index (χ1) is 12.1. The molecule has 0 aromatic heterocycles. The molecule has 2 rings (SSSR count). The molecule has 0 amide bonds. The monoisotopic (exact) mass is 356 g/mol. The minimum atomic E-state index is -1.39. The van der Waals surface area contributed by atoms with Gasteiger partial charge >= 0.3 is 6.16 Å². The van der Waals surface area contributed by atoms with E-state index in [1.54, 1.807) is 12.2 Å². The van der Waals surface area contributed by atoms with Gasteiger partial charge in [0.2, 0.25) is 0 Å². The molecule has 6 nitrogen and oxygen atoms in total. The van der Waals surface area contributed by atoms with Crippen LogP contribution in [0.3, 0.4) is 0 Å². The van der Waals surface area contributed by atoms with Crippen molar-refractivity contribution in [3.05, 3.63) is 25.3 Å². The lowest BCUT2D eigenvalue weighted by molar-refractivity contribution is -0.549. The van der Waals surface area contributed by atoms with Crippen LogP contribution in [0.2, 0.25) is 0 Å². The summed E-state index contributed by atoms with van der Waals surface area (Å²) in [6.07, 6.45) is 3.85. The van der Waals surface area contributed by atoms with Crippen molar-refractivity contribution in [1.29, 1.82) is 0 Å². The maximum atomic E-state index is 5.88. The van der Waals surface area contributed by atoms with Crippen LogP contribution in [0.4, 0.5) is 0 Å². The minimum Gasteiger partial charge on any atom is -0.377 e. The smallest absolute Gasteiger partial charge is 0.377 e. The molecule has 2 fully saturated rings. The van der Waals surface area contributed by atoms with Crippen LogP contribution in [0.5, 0.6) is 0 Å². The molecule has 2 aliphatic rings. The number of hydrogen-bond donors (Lipinski definition) is 0. The topological polar surface area (TPSA) is 55.4 Å². The van der Waals surface area contributed by atoms with Crippen molar-refractivity contribution in [3.63, 3.8) is 0 Å². The maximum absolute atomic E-state index is 5.88. The zero-order chi connectivity index (χ0) is 18.2. The third kappa shape index (κ3) is 5.12. The molecule has 25 heavy (non-hydrogen) atoms. The van der Waals surface area contributed by atoms with Gasteiger partial charge in [-0.3, -0.25) is 0 Å². The molecule has 1 spiro atoms. The summed E-state index contributed by atoms with van der Waals surface area (Å²) in [4.78, 5) is 0. The Morgan fingerprint density at radius 3 is 1.40 bits per heavy atom. The summed E-state index contributed by atoms with van der Waals surface area (Å²) in [7, 11) is 0. The second kappa shape index (κ2) is 9.26. The summed E-state index contributed by atoms with van der Waals surface area (Å²) in [6, 6.07) is 0. The van der Waals surface area contributed by atoms with Gasteiger partial charge in [0.25, 0.3) is 0 Å². The van der Waals surface area contributed by atoms with E-state index in [4.69, 9.17) is 28.4 Å². The molecule has 144 valence electrons. The molecule has 2 heterocycles. The quantitative estimate of drug-likeness (QED) is 0.443. The van der Waals surface area contributed by atoms with E-state index in [9.17, 15) is 0 Å². The molecule has 2 saturated heterocycles. The van der Waals surface area contributed by atoms with Crippen molar-refractivity contribution in [1.82, 2.24) is 0 Å². The predicted octanol–water partition coefficient (Wildman–Crippen LogP) is 2.89. The highest BCUT2D eigenvalue weighted by Crippen LogP contribution is 2.40. The molecular formula is C19H32O6. The molecular weight excluding hydrogens is 324 g/mol. The van der Waals surface area contributed by atoms with E-state index in [1.165, 1.54) is 0 Å². The largest absolute Gasteiger partial charge is 0.412 e. The highest BCUT2D eigenvalue weighted by atomic mass is 17.0. The molecule has 2 aliphatic heterocycles. The second-order valence-corrected chi connectivity index (χ2v) is 6.97. The van der Waals surface area contributed by atoms with Crippen LogP contribution in [0.15, 0.2) is 25.3 Å². The predicted molar refractivity (Wildman–Crippen MR) is 94.0 cm³/mol. The average Bonchev–Trinajstić information content (AvgIpc) is 2.66. The first-order valence-corrected chi connectivity index (χ1v) is 9.00. The third-order valence-corrected chi connectivity index (χ3v) is 5.01. The van der Waals surface area contributed by atoms with Gasteiger partial charge in [0.1, 0.15) is 0 Å². The first kappa shape index (κ1) is 20.6. The second-order valence-electron chi connectivity index (χ2n) is 6.97. The number of rotatable bonds is 10. The summed E-state index contributed by atoms with van der Waals surface area (Å²) in [5, 5.41) is 0. The van der Waals surface area contributed by atoms with Crippen LogP contribution in [0.1, 0.15) is 26.7 Å². The Labute approximate surface area is 151 Å². The van der Waals surface area contributed by atoms with E-state index in [0.29, 0.717) is 52.9 Å². The number of ether oxygens (including phenoxy) is 6. The zero-order valence-electron chi connectivity index (χ0n) is 15.6. The fourth-order valence-corrected chi connectivity index (χ4v) is 2.80. The Morgan fingerprint density at radius 2 is 1.12 bits per heavy atom. The summed E-state index contributed by atoms with van der Waals surface area (Å²) in [6.45, 7) is 15.5. The highest BCUT2D eigenvalue weighted by Gasteiger charge is 2.52. The molecule has 0 atom stereocenters. The molecule has 0 aromatic carbocycles. The van der Waals surface area contributed by atoms with Crippen LogP contribution < -0.4 is 0 Å². The van der Waals surface area contributed by atoms with Gasteiger partial charge in [-0.15, -0.1) is 13.2 Å². The van der Waals surface area contributed by atoms with Crippen LogP contribution in [0, 0.1) is 10.8 Å². The van der Waals surface area contributed by atoms with Gasteiger partial charge in [0.05, 0.1) is 52.9 Å². The lowest BCUT2D eigenvalue weighted by Crippen LogP contribution is -2.59. The molecule has 6 heteroatoms. The number of hydrogen-bond acceptors (Lipinski definition) is 6. The summed E-state index contributed by atoms with van der Waals surface area (Å²) < 4.78 is 34.7. The fourth-order valence-electron chi connectivity index (χ4n) is 2.80. The van der Waals surface area contributed by atoms with E-state index in [2.05, 4.69) is 27.0 Å². The van der Waals surface area contributed by atoms with Crippen molar-refractivity contribution in [2.75, 3.05) is 52.9 Å². The van der Waals surface area contributed by atoms with E-state index in [1.807, 2.05) is 0 Å². The van der Waals surface area contributed by atoms with Gasteiger partial charge in [0, 0.05) is 10.8 Å². The molecule has 0 unspecified atom stereocenters. The van der Waals surface area contributed by atoms with Gasteiger partial charge in [0.15, 0.2) is 0 Å². The molecule has 0 radical (unpaired) electrons. The van der Waals surface area contributed by atoms with Crippen molar-refractivity contribution >= 4 is 0 Å². The standard InChI is InChI=1S/C19H32O6/c1-5-9-20-11-17(7-3)13-22-19(23-14-17)24-15-18(8-4,16-25-19)12-21-10-6-2/h5-6H,1-2,7-16H2,3-4H3. The van der Waals surface area contributed by atoms with E-state index < -0.39 is 6.16 Å². The Morgan fingerprint density at radius 1 is 0.760 bits per heavy atom. The van der Waals surface area contributed by atoms with Crippen molar-refractivity contribution in [3.8, 4) is 0 Å². The lowest BCUT2D eigenvalue weighted by atomic mass is 9.86. The fraction of sp³-hybridized carbons (Fsp3) is 0.789. The summed E-state index contributed by atoms with van der Waals surface area (Å²) >= 11 is 0. The van der Waals surface area contributed by atoms with E-state index in [-0.39, 0.29) is 10.8 Å². The van der Waals surface area contributed by atoms with Gasteiger partial charge in [-0.2, -0.15) is 0 Å². The van der Waals surface area contributed by atoms with Crippen molar-refractivity contribution in [2.24, 2.45) is 10.8 Å². The Kier molecular flexibility index (Phi) is 7.61. The van der Waals surface area contributed by atoms with Gasteiger partial charge < -0.3 is 28.4 Å². The van der Waals surface area contributed by atoms with E-state index in [0.717, 1.165) is 12.8 Å². The maximum Gasteiger partial charge on any atom is 0.412 e. The molecule has 0 N–H and O–H groups in total. The zero-order valence-corrected chi connectivity index (χ0v) is 15.6. The Hall–Kier alpha value is -0.760. The molecule has 0 aliphatic carbocycles. The molecule has 0 saturated carbocycles. The Balaban J connectivity index is 1.87. The molecule has 0 aromatic rings. The highest BCUT2D eigenvalue weighted by molar-refractivity contribution is 4.85. The Bertz CT molecular complexity index is 376. The average molecular weight is 356 g/mol. The third-order valence-electron chi connectivity index (χ3n) is 5.01. The molecule has 0 bridgehead atoms. The van der Waals surface area contributed by atoms with Crippen LogP contribution >= 0.6 is 0 Å². The van der Waals surface area contributed by atoms with Crippen molar-refractivity contribution < 1.29 is 28.4 Å².